The molecule has 0 N–H and O–H groups in total. The second-order valence-corrected chi connectivity index (χ2v) is 6.36. The first-order valence-corrected chi connectivity index (χ1v) is 5.77. The van der Waals surface area contributed by atoms with E-state index in [2.05, 4.69) is 6.58 Å². The Kier molecular flexibility index (Phi) is 3.45. The van der Waals surface area contributed by atoms with E-state index in [0.717, 1.165) is 0 Å². The molecule has 0 radical (unpaired) electrons. The van der Waals surface area contributed by atoms with Gasteiger partial charge in [-0.05, 0) is 22.5 Å². The van der Waals surface area contributed by atoms with Gasteiger partial charge in [0.2, 0.25) is 0 Å². The van der Waals surface area contributed by atoms with Gasteiger partial charge in [0.1, 0.15) is 0 Å². The zero-order chi connectivity index (χ0) is 6.78. The first-order chi connectivity index (χ1) is 3.48. The van der Waals surface area contributed by atoms with Gasteiger partial charge in [0.05, 0.1) is 5.88 Å². The van der Waals surface area contributed by atoms with Crippen LogP contribution in [0.4, 0.5) is 0 Å². The van der Waals surface area contributed by atoms with Crippen LogP contribution in [0.5, 0.6) is 0 Å². The molecule has 0 heterocycles. The summed E-state index contributed by atoms with van der Waals surface area (Å²) >= 11 is 15.4. The molecular formula is C3H4Cl3OP. The van der Waals surface area contributed by atoms with Crippen LogP contribution in [0.3, 0.4) is 0 Å². The SMILES string of the molecule is C=C(CCl)P(=O)(Cl)Cl. The van der Waals surface area contributed by atoms with E-state index >= 15 is 0 Å². The second-order valence-electron chi connectivity index (χ2n) is 1.16. The first-order valence-electron chi connectivity index (χ1n) is 1.72. The highest BCUT2D eigenvalue weighted by atomic mass is 35.9. The molecule has 0 aliphatic rings. The van der Waals surface area contributed by atoms with Crippen molar-refractivity contribution in [3.63, 3.8) is 0 Å². The van der Waals surface area contributed by atoms with Crippen LogP contribution < -0.4 is 0 Å². The van der Waals surface area contributed by atoms with Gasteiger partial charge in [-0.25, -0.2) is 0 Å². The Morgan fingerprint density at radius 2 is 2.00 bits per heavy atom. The smallest absolute Gasteiger partial charge is 0.278 e. The van der Waals surface area contributed by atoms with Gasteiger partial charge < -0.3 is 0 Å². The molecule has 0 aliphatic carbocycles. The minimum absolute atomic E-state index is 0.0459. The summed E-state index contributed by atoms with van der Waals surface area (Å²) in [6.07, 6.45) is 0. The Hall–Kier alpha value is 0.840. The molecule has 0 saturated heterocycles. The molecule has 48 valence electrons. The van der Waals surface area contributed by atoms with E-state index in [-0.39, 0.29) is 11.2 Å². The van der Waals surface area contributed by atoms with E-state index in [9.17, 15) is 4.57 Å². The van der Waals surface area contributed by atoms with E-state index < -0.39 is 5.85 Å². The quantitative estimate of drug-likeness (QED) is 0.485. The van der Waals surface area contributed by atoms with Crippen molar-refractivity contribution in [2.75, 3.05) is 5.88 Å². The van der Waals surface area contributed by atoms with Crippen LogP contribution in [0.1, 0.15) is 0 Å². The van der Waals surface area contributed by atoms with Crippen LogP contribution in [0.2, 0.25) is 0 Å². The van der Waals surface area contributed by atoms with Crippen LogP contribution in [0.25, 0.3) is 0 Å². The summed E-state index contributed by atoms with van der Waals surface area (Å²) in [5.41, 5.74) is 0. The van der Waals surface area contributed by atoms with Gasteiger partial charge in [0, 0.05) is 5.31 Å². The Bertz CT molecular complexity index is 137. The number of alkyl halides is 1. The fourth-order valence-corrected chi connectivity index (χ4v) is 1.44. The van der Waals surface area contributed by atoms with Gasteiger partial charge in [0.25, 0.3) is 5.85 Å². The molecule has 0 unspecified atom stereocenters. The van der Waals surface area contributed by atoms with Crippen molar-refractivity contribution in [2.45, 2.75) is 0 Å². The van der Waals surface area contributed by atoms with Crippen LogP contribution in [-0.4, -0.2) is 5.88 Å². The molecule has 0 aromatic carbocycles. The largest absolute Gasteiger partial charge is 0.284 e. The maximum Gasteiger partial charge on any atom is 0.278 e. The van der Waals surface area contributed by atoms with Crippen molar-refractivity contribution < 1.29 is 4.57 Å². The maximum absolute atomic E-state index is 10.5. The van der Waals surface area contributed by atoms with Crippen molar-refractivity contribution in [2.24, 2.45) is 0 Å². The van der Waals surface area contributed by atoms with Gasteiger partial charge in [-0.15, -0.1) is 11.6 Å². The van der Waals surface area contributed by atoms with Crippen molar-refractivity contribution >= 4 is 39.9 Å². The highest BCUT2D eigenvalue weighted by Crippen LogP contribution is 2.63. The van der Waals surface area contributed by atoms with Crippen LogP contribution in [0.15, 0.2) is 11.9 Å². The maximum atomic E-state index is 10.5. The number of allylic oxidation sites excluding steroid dienone is 1. The average molecular weight is 193 g/mol. The Labute approximate surface area is 62.6 Å². The Morgan fingerprint density at radius 3 is 2.00 bits per heavy atom. The molecular weight excluding hydrogens is 189 g/mol. The van der Waals surface area contributed by atoms with E-state index in [0.29, 0.717) is 0 Å². The van der Waals surface area contributed by atoms with E-state index in [4.69, 9.17) is 34.1 Å². The lowest BCUT2D eigenvalue weighted by Crippen LogP contribution is -1.72. The highest BCUT2D eigenvalue weighted by Gasteiger charge is 2.16. The van der Waals surface area contributed by atoms with Gasteiger partial charge in [0.15, 0.2) is 0 Å². The lowest BCUT2D eigenvalue weighted by atomic mass is 10.7. The molecule has 0 bridgehead atoms. The molecule has 0 aliphatic heterocycles. The summed E-state index contributed by atoms with van der Waals surface area (Å²) < 4.78 is 10.5. The first kappa shape index (κ1) is 8.84. The lowest BCUT2D eigenvalue weighted by molar-refractivity contribution is 0.596. The van der Waals surface area contributed by atoms with Gasteiger partial charge >= 0.3 is 0 Å². The summed E-state index contributed by atoms with van der Waals surface area (Å²) in [7, 11) is 0. The van der Waals surface area contributed by atoms with Crippen molar-refractivity contribution in [1.82, 2.24) is 0 Å². The highest BCUT2D eigenvalue weighted by molar-refractivity contribution is 8.11. The third-order valence-corrected chi connectivity index (χ3v) is 3.36. The predicted molar refractivity (Wildman–Crippen MR) is 39.2 cm³/mol. The monoisotopic (exact) mass is 192 g/mol. The van der Waals surface area contributed by atoms with Gasteiger partial charge in [-0.3, -0.25) is 4.57 Å². The summed E-state index contributed by atoms with van der Waals surface area (Å²) in [5.74, 6) is -3.09. The summed E-state index contributed by atoms with van der Waals surface area (Å²) in [6.45, 7) is 3.29. The van der Waals surface area contributed by atoms with Crippen molar-refractivity contribution in [3.8, 4) is 0 Å². The third-order valence-electron chi connectivity index (χ3n) is 0.522. The summed E-state index contributed by atoms with van der Waals surface area (Å²) in [5, 5.41) is 0.183. The summed E-state index contributed by atoms with van der Waals surface area (Å²) in [6, 6.07) is 0. The fourth-order valence-electron chi connectivity index (χ4n) is 0.0696. The molecule has 0 saturated carbocycles. The topological polar surface area (TPSA) is 17.1 Å². The van der Waals surface area contributed by atoms with Gasteiger partial charge in [-0.2, -0.15) is 0 Å². The third kappa shape index (κ3) is 2.99. The summed E-state index contributed by atoms with van der Waals surface area (Å²) in [4.78, 5) is 0. The van der Waals surface area contributed by atoms with Crippen LogP contribution >= 0.6 is 39.9 Å². The Morgan fingerprint density at radius 1 is 1.62 bits per heavy atom. The molecule has 0 aromatic heterocycles. The number of hydrogen-bond donors (Lipinski definition) is 0. The number of halogens is 3. The molecule has 5 heteroatoms. The minimum atomic E-state index is -3.14. The van der Waals surface area contributed by atoms with Crippen LogP contribution in [0, 0.1) is 0 Å². The molecule has 0 rings (SSSR count). The second kappa shape index (κ2) is 3.12. The fraction of sp³-hybridized carbons (Fsp3) is 0.333. The zero-order valence-electron chi connectivity index (χ0n) is 3.90. The zero-order valence-corrected chi connectivity index (χ0v) is 7.07. The number of rotatable bonds is 2. The molecule has 0 spiro atoms. The van der Waals surface area contributed by atoms with Crippen molar-refractivity contribution in [1.29, 1.82) is 0 Å². The molecule has 0 atom stereocenters. The van der Waals surface area contributed by atoms with Crippen molar-refractivity contribution in [3.05, 3.63) is 11.9 Å². The molecule has 0 fully saturated rings. The van der Waals surface area contributed by atoms with Gasteiger partial charge in [-0.1, -0.05) is 6.58 Å². The van der Waals surface area contributed by atoms with Crippen LogP contribution in [-0.2, 0) is 4.57 Å². The average Bonchev–Trinajstić information content (AvgIpc) is 1.62. The molecule has 0 aromatic rings. The molecule has 0 amide bonds. The molecule has 8 heavy (non-hydrogen) atoms. The number of hydrogen-bond acceptors (Lipinski definition) is 1. The van der Waals surface area contributed by atoms with E-state index in [1.165, 1.54) is 0 Å². The lowest BCUT2D eigenvalue weighted by Gasteiger charge is -1.98. The van der Waals surface area contributed by atoms with E-state index in [1.807, 2.05) is 0 Å². The normalized spacial score (nSPS) is 11.4. The predicted octanol–water partition coefficient (Wildman–Crippen LogP) is 3.41. The minimum Gasteiger partial charge on any atom is -0.284 e. The Balaban J connectivity index is 4.04. The van der Waals surface area contributed by atoms with E-state index in [1.54, 1.807) is 0 Å². The standard InChI is InChI=1S/C3H4Cl3OP/c1-3(2-4)8(5,6)7/h1-2H2. The molecule has 1 nitrogen and oxygen atoms in total.